The molecule has 10 heteroatoms. The van der Waals surface area contributed by atoms with Gasteiger partial charge in [0.2, 0.25) is 11.8 Å². The molecule has 9 nitrogen and oxygen atoms in total. The van der Waals surface area contributed by atoms with E-state index < -0.39 is 22.4 Å². The van der Waals surface area contributed by atoms with E-state index in [9.17, 15) is 24.4 Å². The van der Waals surface area contributed by atoms with Crippen molar-refractivity contribution in [3.05, 3.63) is 76.4 Å². The van der Waals surface area contributed by atoms with Crippen LogP contribution in [0.5, 0.6) is 0 Å². The topological polar surface area (TPSA) is 123 Å². The number of aliphatic carboxylic acids is 1. The molecule has 4 aromatic rings. The molecule has 31 heavy (non-hydrogen) atoms. The van der Waals surface area contributed by atoms with Gasteiger partial charge >= 0.3 is 11.7 Å². The lowest BCUT2D eigenvalue weighted by Crippen LogP contribution is -2.07. The van der Waals surface area contributed by atoms with E-state index in [-0.39, 0.29) is 12.5 Å². The van der Waals surface area contributed by atoms with Gasteiger partial charge in [0.1, 0.15) is 6.54 Å². The number of fused-ring (bicyclic) bond motifs is 1. The summed E-state index contributed by atoms with van der Waals surface area (Å²) in [5.74, 6) is -1.73. The van der Waals surface area contributed by atoms with Crippen LogP contribution >= 0.6 is 0 Å². The van der Waals surface area contributed by atoms with Crippen LogP contribution in [0.2, 0.25) is 0 Å². The Balaban J connectivity index is 1.75. The Hall–Kier alpha value is -4.34. The van der Waals surface area contributed by atoms with Gasteiger partial charge in [0, 0.05) is 34.9 Å². The second kappa shape index (κ2) is 7.82. The number of carboxylic acid groups (broad SMARTS) is 1. The average Bonchev–Trinajstić information content (AvgIpc) is 3.08. The van der Waals surface area contributed by atoms with Gasteiger partial charge in [0.25, 0.3) is 0 Å². The van der Waals surface area contributed by atoms with Crippen molar-refractivity contribution >= 4 is 34.2 Å². The lowest BCUT2D eigenvalue weighted by Gasteiger charge is -2.09. The summed E-state index contributed by atoms with van der Waals surface area (Å²) in [4.78, 5) is 30.1. The summed E-state index contributed by atoms with van der Waals surface area (Å²) in [5, 5.41) is 24.0. The fourth-order valence-electron chi connectivity index (χ4n) is 3.35. The van der Waals surface area contributed by atoms with Crippen LogP contribution in [0.25, 0.3) is 22.2 Å². The van der Waals surface area contributed by atoms with Crippen LogP contribution in [0.1, 0.15) is 5.56 Å². The number of anilines is 2. The first-order chi connectivity index (χ1) is 14.8. The van der Waals surface area contributed by atoms with Crippen LogP contribution in [-0.4, -0.2) is 30.5 Å². The molecule has 2 heterocycles. The fraction of sp³-hybridized carbons (Fsp3) is 0.0952. The van der Waals surface area contributed by atoms with E-state index in [0.29, 0.717) is 22.5 Å². The minimum Gasteiger partial charge on any atom is -0.480 e. The number of aromatic nitrogens is 3. The predicted molar refractivity (Wildman–Crippen MR) is 112 cm³/mol. The van der Waals surface area contributed by atoms with Crippen molar-refractivity contribution in [1.82, 2.24) is 14.5 Å². The number of rotatable bonds is 6. The van der Waals surface area contributed by atoms with Gasteiger partial charge in [-0.25, -0.2) is 9.97 Å². The summed E-state index contributed by atoms with van der Waals surface area (Å²) in [5.41, 5.74) is 2.10. The number of nitrogens with one attached hydrogen (secondary N) is 1. The highest BCUT2D eigenvalue weighted by Gasteiger charge is 2.18. The SMILES string of the molecule is Cc1cc(F)c([N+](=O)[O-])cc1Nc1nccc(-c2cn(CC(=O)O)c3ccccc23)n1. The molecule has 0 fully saturated rings. The quantitative estimate of drug-likeness (QED) is 0.352. The molecule has 0 aliphatic heterocycles. The summed E-state index contributed by atoms with van der Waals surface area (Å²) < 4.78 is 15.4. The largest absolute Gasteiger partial charge is 0.480 e. The van der Waals surface area contributed by atoms with Crippen LogP contribution in [0, 0.1) is 22.9 Å². The van der Waals surface area contributed by atoms with E-state index in [4.69, 9.17) is 0 Å². The first kappa shape index (κ1) is 20.0. The second-order valence-corrected chi connectivity index (χ2v) is 6.85. The number of hydrogen-bond acceptors (Lipinski definition) is 6. The van der Waals surface area contributed by atoms with Crippen LogP contribution in [-0.2, 0) is 11.3 Å². The van der Waals surface area contributed by atoms with Gasteiger partial charge in [-0.3, -0.25) is 14.9 Å². The monoisotopic (exact) mass is 421 g/mol. The van der Waals surface area contributed by atoms with Gasteiger partial charge in [-0.2, -0.15) is 4.39 Å². The molecular weight excluding hydrogens is 405 g/mol. The number of aryl methyl sites for hydroxylation is 1. The van der Waals surface area contributed by atoms with Gasteiger partial charge in [-0.1, -0.05) is 18.2 Å². The predicted octanol–water partition coefficient (Wildman–Crippen LogP) is 4.28. The van der Waals surface area contributed by atoms with Crippen molar-refractivity contribution in [2.24, 2.45) is 0 Å². The number of nitro groups is 1. The van der Waals surface area contributed by atoms with E-state index in [2.05, 4.69) is 15.3 Å². The lowest BCUT2D eigenvalue weighted by molar-refractivity contribution is -0.387. The minimum atomic E-state index is -0.967. The number of carboxylic acids is 1. The molecule has 0 aliphatic rings. The maximum absolute atomic E-state index is 13.8. The van der Waals surface area contributed by atoms with Gasteiger partial charge < -0.3 is 15.0 Å². The zero-order chi connectivity index (χ0) is 22.1. The van der Waals surface area contributed by atoms with Crippen molar-refractivity contribution in [3.8, 4) is 11.3 Å². The first-order valence-corrected chi connectivity index (χ1v) is 9.18. The molecule has 0 bridgehead atoms. The lowest BCUT2D eigenvalue weighted by atomic mass is 10.1. The minimum absolute atomic E-state index is 0.163. The molecular formula is C21H16FN5O4. The van der Waals surface area contributed by atoms with Crippen molar-refractivity contribution < 1.29 is 19.2 Å². The third-order valence-corrected chi connectivity index (χ3v) is 4.76. The molecule has 0 aliphatic carbocycles. The van der Waals surface area contributed by atoms with Crippen LogP contribution in [0.4, 0.5) is 21.7 Å². The number of carbonyl (C=O) groups is 1. The van der Waals surface area contributed by atoms with Crippen molar-refractivity contribution in [2.45, 2.75) is 13.5 Å². The number of benzene rings is 2. The highest BCUT2D eigenvalue weighted by atomic mass is 19.1. The Bertz CT molecular complexity index is 1330. The molecule has 0 radical (unpaired) electrons. The first-order valence-electron chi connectivity index (χ1n) is 9.18. The van der Waals surface area contributed by atoms with E-state index >= 15 is 0 Å². The molecule has 0 unspecified atom stereocenters. The van der Waals surface area contributed by atoms with Gasteiger partial charge in [-0.15, -0.1) is 0 Å². The molecule has 2 N–H and O–H groups in total. The maximum atomic E-state index is 13.8. The molecule has 0 spiro atoms. The van der Waals surface area contributed by atoms with Gasteiger partial charge in [0.15, 0.2) is 0 Å². The number of nitrogens with zero attached hydrogens (tertiary/aromatic N) is 4. The highest BCUT2D eigenvalue weighted by molar-refractivity contribution is 5.95. The van der Waals surface area contributed by atoms with E-state index in [1.807, 2.05) is 24.3 Å². The highest BCUT2D eigenvalue weighted by Crippen LogP contribution is 2.31. The summed E-state index contributed by atoms with van der Waals surface area (Å²) in [6.45, 7) is 1.41. The third kappa shape index (κ3) is 3.90. The smallest absolute Gasteiger partial charge is 0.323 e. The van der Waals surface area contributed by atoms with Crippen molar-refractivity contribution in [1.29, 1.82) is 0 Å². The molecule has 2 aromatic heterocycles. The Morgan fingerprint density at radius 1 is 1.29 bits per heavy atom. The number of para-hydroxylation sites is 1. The summed E-state index contributed by atoms with van der Waals surface area (Å²) >= 11 is 0. The Morgan fingerprint density at radius 3 is 2.81 bits per heavy atom. The zero-order valence-electron chi connectivity index (χ0n) is 16.2. The van der Waals surface area contributed by atoms with E-state index in [1.165, 1.54) is 6.20 Å². The van der Waals surface area contributed by atoms with Crippen molar-refractivity contribution in [2.75, 3.05) is 5.32 Å². The third-order valence-electron chi connectivity index (χ3n) is 4.76. The molecule has 0 saturated carbocycles. The Morgan fingerprint density at radius 2 is 2.06 bits per heavy atom. The molecule has 0 amide bonds. The molecule has 156 valence electrons. The Kier molecular flexibility index (Phi) is 5.04. The summed E-state index contributed by atoms with van der Waals surface area (Å²) in [7, 11) is 0. The normalized spacial score (nSPS) is 10.9. The van der Waals surface area contributed by atoms with Crippen molar-refractivity contribution in [3.63, 3.8) is 0 Å². The molecule has 4 rings (SSSR count). The van der Waals surface area contributed by atoms with E-state index in [1.54, 1.807) is 23.8 Å². The van der Waals surface area contributed by atoms with Gasteiger partial charge in [0.05, 0.1) is 16.3 Å². The summed E-state index contributed by atoms with van der Waals surface area (Å²) in [6, 6.07) is 11.2. The maximum Gasteiger partial charge on any atom is 0.323 e. The standard InChI is InChI=1S/C21H16FN5O4/c1-12-8-15(22)19(27(30)31)9-17(12)25-21-23-7-6-16(24-21)14-10-26(11-20(28)29)18-5-3-2-4-13(14)18/h2-10H,11H2,1H3,(H,28,29)(H,23,24,25). The Labute approximate surface area is 175 Å². The second-order valence-electron chi connectivity index (χ2n) is 6.85. The molecule has 0 atom stereocenters. The summed E-state index contributed by atoms with van der Waals surface area (Å²) in [6.07, 6.45) is 3.22. The average molecular weight is 421 g/mol. The molecule has 2 aromatic carbocycles. The number of halogens is 1. The number of nitro benzene ring substituents is 1. The van der Waals surface area contributed by atoms with Crippen LogP contribution in [0.15, 0.2) is 54.9 Å². The van der Waals surface area contributed by atoms with E-state index in [0.717, 1.165) is 23.0 Å². The number of hydrogen-bond donors (Lipinski definition) is 2. The fourth-order valence-corrected chi connectivity index (χ4v) is 3.35. The van der Waals surface area contributed by atoms with Crippen LogP contribution < -0.4 is 5.32 Å². The van der Waals surface area contributed by atoms with Crippen LogP contribution in [0.3, 0.4) is 0 Å². The van der Waals surface area contributed by atoms with Gasteiger partial charge in [-0.05, 0) is 30.7 Å². The molecule has 0 saturated heterocycles. The zero-order valence-corrected chi connectivity index (χ0v) is 16.2.